The molecule has 4 N–H and O–H groups in total. The van der Waals surface area contributed by atoms with Crippen LogP contribution in [0.4, 0.5) is 11.4 Å². The van der Waals surface area contributed by atoms with E-state index in [1.165, 1.54) is 17.7 Å². The van der Waals surface area contributed by atoms with Gasteiger partial charge in [0.2, 0.25) is 0 Å². The number of nitrogens with one attached hydrogen (secondary N) is 3. The lowest BCUT2D eigenvalue weighted by molar-refractivity contribution is 0.0697. The van der Waals surface area contributed by atoms with Gasteiger partial charge in [-0.3, -0.25) is 10.9 Å². The summed E-state index contributed by atoms with van der Waals surface area (Å²) in [6.07, 6.45) is 0. The van der Waals surface area contributed by atoms with Crippen LogP contribution in [0.1, 0.15) is 35.7 Å². The summed E-state index contributed by atoms with van der Waals surface area (Å²) < 4.78 is 0. The molecule has 0 saturated heterocycles. The maximum atomic E-state index is 10.8. The van der Waals surface area contributed by atoms with Crippen molar-refractivity contribution in [2.24, 2.45) is 0 Å². The lowest BCUT2D eigenvalue weighted by Crippen LogP contribution is -2.33. The molecule has 0 aliphatic carbocycles. The molecule has 2 aromatic carbocycles. The Hall–Kier alpha value is -2.60. The van der Waals surface area contributed by atoms with Crippen molar-refractivity contribution in [1.29, 1.82) is 0 Å². The molecule has 0 aromatic heterocycles. The van der Waals surface area contributed by atoms with Crippen molar-refractivity contribution in [3.05, 3.63) is 59.7 Å². The third-order valence-corrected chi connectivity index (χ3v) is 3.49. The highest BCUT2D eigenvalue weighted by atomic mass is 32.1. The molecule has 0 fully saturated rings. The van der Waals surface area contributed by atoms with Gasteiger partial charge < -0.3 is 10.4 Å². The summed E-state index contributed by atoms with van der Waals surface area (Å²) in [7, 11) is 0. The molecule has 0 aliphatic rings. The van der Waals surface area contributed by atoms with E-state index in [0.717, 1.165) is 5.69 Å². The number of carbonyl (C=O) groups is 1. The number of benzene rings is 2. The smallest absolute Gasteiger partial charge is 0.335 e. The maximum Gasteiger partial charge on any atom is 0.335 e. The summed E-state index contributed by atoms with van der Waals surface area (Å²) in [5, 5.41) is 12.3. The quantitative estimate of drug-likeness (QED) is 0.494. The first kappa shape index (κ1) is 16.8. The molecular weight excluding hydrogens is 310 g/mol. The van der Waals surface area contributed by atoms with Crippen LogP contribution in [0, 0.1) is 0 Å². The lowest BCUT2D eigenvalue weighted by atomic mass is 10.0. The average molecular weight is 329 g/mol. The first-order valence-electron chi connectivity index (χ1n) is 7.22. The van der Waals surface area contributed by atoms with Crippen LogP contribution in [-0.4, -0.2) is 16.2 Å². The molecule has 0 amide bonds. The minimum Gasteiger partial charge on any atom is -0.478 e. The number of thiocarbonyl (C=S) groups is 1. The molecule has 0 spiro atoms. The van der Waals surface area contributed by atoms with E-state index in [1.54, 1.807) is 12.1 Å². The van der Waals surface area contributed by atoms with Crippen molar-refractivity contribution < 1.29 is 9.90 Å². The van der Waals surface area contributed by atoms with E-state index >= 15 is 0 Å². The summed E-state index contributed by atoms with van der Waals surface area (Å²) in [6.45, 7) is 4.29. The molecule has 6 heteroatoms. The van der Waals surface area contributed by atoms with Crippen LogP contribution < -0.4 is 16.2 Å². The number of hydrogen-bond acceptors (Lipinski definition) is 3. The lowest BCUT2D eigenvalue weighted by Gasteiger charge is -2.13. The zero-order chi connectivity index (χ0) is 16.8. The number of anilines is 2. The summed E-state index contributed by atoms with van der Waals surface area (Å²) in [4.78, 5) is 10.8. The number of carboxylic acids is 1. The molecule has 23 heavy (non-hydrogen) atoms. The Bertz CT molecular complexity index is 682. The number of carboxylic acid groups (broad SMARTS) is 1. The zero-order valence-electron chi connectivity index (χ0n) is 13.0. The highest BCUT2D eigenvalue weighted by molar-refractivity contribution is 7.80. The first-order chi connectivity index (χ1) is 11.0. The standard InChI is InChI=1S/C17H19N3O2S/c1-11(2)12-3-7-14(8-4-12)18-17(23)20-19-15-9-5-13(6-10-15)16(21)22/h3-11,19H,1-2H3,(H,21,22)(H2,18,20,23). The maximum absolute atomic E-state index is 10.8. The van der Waals surface area contributed by atoms with Crippen LogP contribution in [-0.2, 0) is 0 Å². The van der Waals surface area contributed by atoms with Crippen molar-refractivity contribution in [2.45, 2.75) is 19.8 Å². The minimum atomic E-state index is -0.952. The fraction of sp³-hybridized carbons (Fsp3) is 0.176. The molecule has 5 nitrogen and oxygen atoms in total. The molecule has 0 unspecified atom stereocenters. The Morgan fingerprint density at radius 3 is 2.09 bits per heavy atom. The van der Waals surface area contributed by atoms with E-state index in [2.05, 4.69) is 42.1 Å². The van der Waals surface area contributed by atoms with E-state index < -0.39 is 5.97 Å². The molecule has 120 valence electrons. The highest BCUT2D eigenvalue weighted by Crippen LogP contribution is 2.17. The molecule has 0 atom stereocenters. The molecule has 0 aliphatic heterocycles. The van der Waals surface area contributed by atoms with Crippen molar-refractivity contribution >= 4 is 34.7 Å². The van der Waals surface area contributed by atoms with Crippen LogP contribution in [0.15, 0.2) is 48.5 Å². The largest absolute Gasteiger partial charge is 0.478 e. The molecule has 0 radical (unpaired) electrons. The molecule has 0 saturated carbocycles. The van der Waals surface area contributed by atoms with Crippen LogP contribution in [0.5, 0.6) is 0 Å². The third kappa shape index (κ3) is 4.96. The number of hydrazine groups is 1. The van der Waals surface area contributed by atoms with E-state index in [9.17, 15) is 4.79 Å². The van der Waals surface area contributed by atoms with Gasteiger partial charge in [0.1, 0.15) is 0 Å². The Balaban J connectivity index is 1.86. The van der Waals surface area contributed by atoms with Crippen LogP contribution in [0.3, 0.4) is 0 Å². The normalized spacial score (nSPS) is 10.2. The van der Waals surface area contributed by atoms with Gasteiger partial charge in [-0.1, -0.05) is 26.0 Å². The monoisotopic (exact) mass is 329 g/mol. The summed E-state index contributed by atoms with van der Waals surface area (Å²) in [5.41, 5.74) is 8.89. The Labute approximate surface area is 140 Å². The topological polar surface area (TPSA) is 73.4 Å². The van der Waals surface area contributed by atoms with Gasteiger partial charge in [0, 0.05) is 5.69 Å². The molecule has 2 aromatic rings. The van der Waals surface area contributed by atoms with E-state index in [4.69, 9.17) is 17.3 Å². The number of hydrogen-bond donors (Lipinski definition) is 4. The van der Waals surface area contributed by atoms with Gasteiger partial charge in [-0.2, -0.15) is 0 Å². The van der Waals surface area contributed by atoms with Gasteiger partial charge in [-0.25, -0.2) is 4.79 Å². The third-order valence-electron chi connectivity index (χ3n) is 3.29. The predicted octanol–water partition coefficient (Wildman–Crippen LogP) is 3.82. The highest BCUT2D eigenvalue weighted by Gasteiger charge is 2.03. The molecule has 0 bridgehead atoms. The van der Waals surface area contributed by atoms with Gasteiger partial charge in [-0.05, 0) is 60.1 Å². The average Bonchev–Trinajstić information content (AvgIpc) is 2.54. The van der Waals surface area contributed by atoms with Gasteiger partial charge in [0.05, 0.1) is 11.3 Å². The Morgan fingerprint density at radius 2 is 1.57 bits per heavy atom. The fourth-order valence-corrected chi connectivity index (χ4v) is 2.11. The summed E-state index contributed by atoms with van der Waals surface area (Å²) in [5.74, 6) is -0.462. The SMILES string of the molecule is CC(C)c1ccc(NC(=S)NNc2ccc(C(=O)O)cc2)cc1. The number of rotatable bonds is 5. The Kier molecular flexibility index (Phi) is 5.54. The van der Waals surface area contributed by atoms with Crippen molar-refractivity contribution in [2.75, 3.05) is 10.7 Å². The fourth-order valence-electron chi connectivity index (χ4n) is 1.94. The van der Waals surface area contributed by atoms with E-state index in [0.29, 0.717) is 16.7 Å². The summed E-state index contributed by atoms with van der Waals surface area (Å²) >= 11 is 5.21. The second kappa shape index (κ2) is 7.60. The Morgan fingerprint density at radius 1 is 1.00 bits per heavy atom. The molecule has 2 rings (SSSR count). The minimum absolute atomic E-state index is 0.237. The van der Waals surface area contributed by atoms with Gasteiger partial charge in [0.15, 0.2) is 5.11 Å². The van der Waals surface area contributed by atoms with Gasteiger partial charge in [-0.15, -0.1) is 0 Å². The van der Waals surface area contributed by atoms with Crippen molar-refractivity contribution in [1.82, 2.24) is 5.43 Å². The zero-order valence-corrected chi connectivity index (χ0v) is 13.8. The van der Waals surface area contributed by atoms with Crippen LogP contribution >= 0.6 is 12.2 Å². The summed E-state index contributed by atoms with van der Waals surface area (Å²) in [6, 6.07) is 14.4. The first-order valence-corrected chi connectivity index (χ1v) is 7.63. The molecule has 0 heterocycles. The molecular formula is C17H19N3O2S. The van der Waals surface area contributed by atoms with Crippen LogP contribution in [0.25, 0.3) is 0 Å². The van der Waals surface area contributed by atoms with Crippen molar-refractivity contribution in [3.63, 3.8) is 0 Å². The number of aromatic carboxylic acids is 1. The van der Waals surface area contributed by atoms with Gasteiger partial charge >= 0.3 is 5.97 Å². The second-order valence-corrected chi connectivity index (χ2v) is 5.77. The van der Waals surface area contributed by atoms with Crippen LogP contribution in [0.2, 0.25) is 0 Å². The van der Waals surface area contributed by atoms with E-state index in [-0.39, 0.29) is 5.56 Å². The van der Waals surface area contributed by atoms with E-state index in [1.807, 2.05) is 12.1 Å². The van der Waals surface area contributed by atoms with Crippen molar-refractivity contribution in [3.8, 4) is 0 Å². The van der Waals surface area contributed by atoms with Gasteiger partial charge in [0.25, 0.3) is 0 Å². The second-order valence-electron chi connectivity index (χ2n) is 5.36. The predicted molar refractivity (Wildman–Crippen MR) is 96.9 cm³/mol.